The molecule has 104 valence electrons. The molecule has 0 saturated carbocycles. The highest BCUT2D eigenvalue weighted by Crippen LogP contribution is 2.34. The summed E-state index contributed by atoms with van der Waals surface area (Å²) in [5, 5.41) is 0. The molecule has 2 N–H and O–H groups in total. The third-order valence-corrected chi connectivity index (χ3v) is 4.96. The van der Waals surface area contributed by atoms with Gasteiger partial charge in [0.1, 0.15) is 0 Å². The normalized spacial score (nSPS) is 14.5. The number of hydrogen-bond donors (Lipinski definition) is 1. The first kappa shape index (κ1) is 15.7. The fraction of sp³-hybridized carbons (Fsp3) is 0.733. The molecule has 1 aromatic heterocycles. The fourth-order valence-electron chi connectivity index (χ4n) is 2.30. The van der Waals surface area contributed by atoms with E-state index in [0.717, 1.165) is 6.54 Å². The van der Waals surface area contributed by atoms with Crippen molar-refractivity contribution in [2.75, 3.05) is 13.1 Å². The van der Waals surface area contributed by atoms with E-state index in [4.69, 9.17) is 5.73 Å². The number of hydrogen-bond acceptors (Lipinski definition) is 3. The van der Waals surface area contributed by atoms with E-state index in [1.54, 1.807) is 0 Å². The molecule has 0 aliphatic carbocycles. The van der Waals surface area contributed by atoms with Gasteiger partial charge in [0.2, 0.25) is 0 Å². The van der Waals surface area contributed by atoms with Gasteiger partial charge in [-0.25, -0.2) is 0 Å². The number of nitrogens with two attached hydrogens (primary N) is 1. The molecule has 0 aliphatic rings. The third-order valence-electron chi connectivity index (χ3n) is 3.35. The quantitative estimate of drug-likeness (QED) is 0.880. The van der Waals surface area contributed by atoms with Gasteiger partial charge in [0.05, 0.1) is 6.04 Å². The Balaban J connectivity index is 2.99. The van der Waals surface area contributed by atoms with E-state index in [1.807, 2.05) is 11.3 Å². The summed E-state index contributed by atoms with van der Waals surface area (Å²) < 4.78 is 0. The van der Waals surface area contributed by atoms with E-state index < -0.39 is 0 Å². The van der Waals surface area contributed by atoms with Gasteiger partial charge in [-0.3, -0.25) is 4.90 Å². The van der Waals surface area contributed by atoms with Gasteiger partial charge in [-0.05, 0) is 37.9 Å². The Morgan fingerprint density at radius 2 is 1.89 bits per heavy atom. The predicted molar refractivity (Wildman–Crippen MR) is 82.3 cm³/mol. The van der Waals surface area contributed by atoms with Gasteiger partial charge in [0.25, 0.3) is 0 Å². The number of likely N-dealkylation sites (N-methyl/N-ethyl adjacent to an activating group) is 1. The Labute approximate surface area is 116 Å². The summed E-state index contributed by atoms with van der Waals surface area (Å²) in [7, 11) is 0. The van der Waals surface area contributed by atoms with Crippen LogP contribution < -0.4 is 5.73 Å². The van der Waals surface area contributed by atoms with Crippen molar-refractivity contribution in [2.45, 2.75) is 59.0 Å². The maximum atomic E-state index is 6.00. The lowest BCUT2D eigenvalue weighted by molar-refractivity contribution is 0.169. The topological polar surface area (TPSA) is 29.3 Å². The van der Waals surface area contributed by atoms with Crippen molar-refractivity contribution in [3.63, 3.8) is 0 Å². The largest absolute Gasteiger partial charge is 0.329 e. The van der Waals surface area contributed by atoms with Gasteiger partial charge < -0.3 is 5.73 Å². The van der Waals surface area contributed by atoms with Gasteiger partial charge in [-0.1, -0.05) is 27.7 Å². The van der Waals surface area contributed by atoms with Crippen molar-refractivity contribution >= 4 is 11.3 Å². The second-order valence-corrected chi connectivity index (χ2v) is 7.24. The summed E-state index contributed by atoms with van der Waals surface area (Å²) in [5.41, 5.74) is 6.24. The minimum absolute atomic E-state index is 0.233. The van der Waals surface area contributed by atoms with Crippen molar-refractivity contribution in [3.8, 4) is 0 Å². The Bertz CT molecular complexity index is 363. The van der Waals surface area contributed by atoms with E-state index in [0.29, 0.717) is 18.6 Å². The second-order valence-electron chi connectivity index (χ2n) is 6.13. The zero-order valence-corrected chi connectivity index (χ0v) is 13.5. The van der Waals surface area contributed by atoms with Crippen LogP contribution in [0.25, 0.3) is 0 Å². The molecule has 2 nitrogen and oxygen atoms in total. The average Bonchev–Trinajstić information content (AvgIpc) is 2.73. The summed E-state index contributed by atoms with van der Waals surface area (Å²) >= 11 is 1.91. The van der Waals surface area contributed by atoms with Crippen LogP contribution in [0.1, 0.15) is 57.3 Å². The highest BCUT2D eigenvalue weighted by atomic mass is 32.1. The Morgan fingerprint density at radius 3 is 2.22 bits per heavy atom. The molecule has 0 amide bonds. The Kier molecular flexibility index (Phi) is 5.38. The summed E-state index contributed by atoms with van der Waals surface area (Å²) in [5.74, 6) is 0. The highest BCUT2D eigenvalue weighted by Gasteiger charge is 2.24. The van der Waals surface area contributed by atoms with E-state index in [9.17, 15) is 0 Å². The van der Waals surface area contributed by atoms with Crippen molar-refractivity contribution in [2.24, 2.45) is 5.73 Å². The van der Waals surface area contributed by atoms with Gasteiger partial charge in [-0.15, -0.1) is 11.3 Å². The Morgan fingerprint density at radius 1 is 1.28 bits per heavy atom. The Hall–Kier alpha value is -0.380. The fourth-order valence-corrected chi connectivity index (χ4v) is 3.50. The SMILES string of the molecule is CCN(C(C)C)C(CN)c1ccc(C(C)(C)C)s1. The van der Waals surface area contributed by atoms with E-state index >= 15 is 0 Å². The lowest BCUT2D eigenvalue weighted by Gasteiger charge is -2.32. The van der Waals surface area contributed by atoms with E-state index in [-0.39, 0.29) is 5.41 Å². The van der Waals surface area contributed by atoms with E-state index in [2.05, 4.69) is 58.6 Å². The monoisotopic (exact) mass is 268 g/mol. The highest BCUT2D eigenvalue weighted by molar-refractivity contribution is 7.12. The van der Waals surface area contributed by atoms with E-state index in [1.165, 1.54) is 9.75 Å². The number of nitrogens with zero attached hydrogens (tertiary/aromatic N) is 1. The van der Waals surface area contributed by atoms with Crippen molar-refractivity contribution in [3.05, 3.63) is 21.9 Å². The second kappa shape index (κ2) is 6.18. The lowest BCUT2D eigenvalue weighted by atomic mass is 9.95. The van der Waals surface area contributed by atoms with Crippen LogP contribution in [0.15, 0.2) is 12.1 Å². The van der Waals surface area contributed by atoms with Crippen LogP contribution in [0.4, 0.5) is 0 Å². The molecule has 0 saturated heterocycles. The molecule has 0 aliphatic heterocycles. The standard InChI is InChI=1S/C15H28N2S/c1-7-17(11(2)3)12(10-16)13-8-9-14(18-13)15(4,5)6/h8-9,11-12H,7,10,16H2,1-6H3. The smallest absolute Gasteiger partial charge is 0.0566 e. The zero-order valence-electron chi connectivity index (χ0n) is 12.7. The maximum absolute atomic E-state index is 6.00. The minimum atomic E-state index is 0.233. The molecular weight excluding hydrogens is 240 g/mol. The molecule has 0 radical (unpaired) electrons. The van der Waals surface area contributed by atoms with Gasteiger partial charge >= 0.3 is 0 Å². The molecule has 0 spiro atoms. The van der Waals surface area contributed by atoms with Crippen molar-refractivity contribution in [1.29, 1.82) is 0 Å². The number of rotatable bonds is 5. The van der Waals surface area contributed by atoms with Crippen LogP contribution in [0.3, 0.4) is 0 Å². The molecule has 1 rings (SSSR count). The zero-order chi connectivity index (χ0) is 13.9. The summed E-state index contributed by atoms with van der Waals surface area (Å²) in [6.45, 7) is 15.2. The van der Waals surface area contributed by atoms with Crippen LogP contribution >= 0.6 is 11.3 Å². The molecule has 3 heteroatoms. The van der Waals surface area contributed by atoms with Crippen LogP contribution in [0, 0.1) is 0 Å². The van der Waals surface area contributed by atoms with Crippen LogP contribution in [0.5, 0.6) is 0 Å². The van der Waals surface area contributed by atoms with Crippen LogP contribution in [-0.2, 0) is 5.41 Å². The molecule has 18 heavy (non-hydrogen) atoms. The van der Waals surface area contributed by atoms with Crippen LogP contribution in [-0.4, -0.2) is 24.0 Å². The lowest BCUT2D eigenvalue weighted by Crippen LogP contribution is -2.38. The molecule has 1 heterocycles. The molecule has 0 bridgehead atoms. The predicted octanol–water partition coefficient (Wildman–Crippen LogP) is 3.78. The average molecular weight is 268 g/mol. The number of thiophene rings is 1. The third kappa shape index (κ3) is 3.56. The molecule has 0 aromatic carbocycles. The van der Waals surface area contributed by atoms with Crippen LogP contribution in [0.2, 0.25) is 0 Å². The molecule has 1 aromatic rings. The first-order valence-electron chi connectivity index (χ1n) is 6.87. The molecule has 0 fully saturated rings. The van der Waals surface area contributed by atoms with Gasteiger partial charge in [-0.2, -0.15) is 0 Å². The first-order valence-corrected chi connectivity index (χ1v) is 7.69. The minimum Gasteiger partial charge on any atom is -0.329 e. The van der Waals surface area contributed by atoms with Crippen molar-refractivity contribution in [1.82, 2.24) is 4.90 Å². The molecular formula is C15H28N2S. The van der Waals surface area contributed by atoms with Gasteiger partial charge in [0, 0.05) is 22.3 Å². The van der Waals surface area contributed by atoms with Gasteiger partial charge in [0.15, 0.2) is 0 Å². The first-order chi connectivity index (χ1) is 8.31. The summed E-state index contributed by atoms with van der Waals surface area (Å²) in [6.07, 6.45) is 0. The summed E-state index contributed by atoms with van der Waals surface area (Å²) in [4.78, 5) is 5.31. The maximum Gasteiger partial charge on any atom is 0.0566 e. The molecule has 1 atom stereocenters. The van der Waals surface area contributed by atoms with Crippen molar-refractivity contribution < 1.29 is 0 Å². The molecule has 1 unspecified atom stereocenters. The summed E-state index contributed by atoms with van der Waals surface area (Å²) in [6, 6.07) is 5.41.